The summed E-state index contributed by atoms with van der Waals surface area (Å²) in [6.45, 7) is 0.777. The molecule has 0 aromatic rings. The molecule has 0 saturated carbocycles. The van der Waals surface area contributed by atoms with Crippen molar-refractivity contribution in [2.75, 3.05) is 17.8 Å². The first-order chi connectivity index (χ1) is 5.56. The molecule has 0 aliphatic carbocycles. The molecule has 0 spiro atoms. The molecule has 1 rings (SSSR count). The lowest BCUT2D eigenvalue weighted by molar-refractivity contribution is 0.108. The highest BCUT2D eigenvalue weighted by atomic mass is 79.9. The van der Waals surface area contributed by atoms with Gasteiger partial charge in [-0.05, 0) is 12.8 Å². The lowest BCUT2D eigenvalue weighted by atomic mass is 10.1. The van der Waals surface area contributed by atoms with Crippen LogP contribution in [0.25, 0.3) is 0 Å². The molecule has 0 amide bonds. The third kappa shape index (κ3) is 2.42. The summed E-state index contributed by atoms with van der Waals surface area (Å²) in [5.74, 6) is 0. The molecule has 0 aromatic carbocycles. The molecule has 1 atom stereocenters. The summed E-state index contributed by atoms with van der Waals surface area (Å²) in [5, 5.41) is 9.22. The Labute approximate surface area is 80.7 Å². The smallest absolute Gasteiger partial charge is 0.224 e. The Morgan fingerprint density at radius 2 is 2.25 bits per heavy atom. The van der Waals surface area contributed by atoms with Crippen LogP contribution in [0.3, 0.4) is 0 Å². The van der Waals surface area contributed by atoms with Crippen LogP contribution in [0.1, 0.15) is 12.8 Å². The summed E-state index contributed by atoms with van der Waals surface area (Å²) in [5.41, 5.74) is 0. The second-order valence-electron chi connectivity index (χ2n) is 2.88. The van der Waals surface area contributed by atoms with E-state index in [0.717, 1.165) is 6.42 Å². The molecule has 6 heteroatoms. The Hall–Kier alpha value is 0.350. The number of aliphatic hydroxyl groups excluding tert-OH is 1. The van der Waals surface area contributed by atoms with Crippen molar-refractivity contribution in [1.29, 1.82) is 0 Å². The number of sulfonamides is 1. The van der Waals surface area contributed by atoms with Crippen molar-refractivity contribution < 1.29 is 13.5 Å². The summed E-state index contributed by atoms with van der Waals surface area (Å²) in [4.78, 5) is 0. The number of β-amino-alcohol motifs (C(OH)–C–C–N with tert-alkyl or cyclic N) is 1. The van der Waals surface area contributed by atoms with Crippen LogP contribution < -0.4 is 0 Å². The van der Waals surface area contributed by atoms with Gasteiger partial charge in [0.05, 0.1) is 6.10 Å². The van der Waals surface area contributed by atoms with Crippen molar-refractivity contribution in [1.82, 2.24) is 4.31 Å². The van der Waals surface area contributed by atoms with Gasteiger partial charge in [-0.15, -0.1) is 0 Å². The topological polar surface area (TPSA) is 57.6 Å². The summed E-state index contributed by atoms with van der Waals surface area (Å²) in [6.07, 6.45) is 0.953. The number of alkyl halides is 1. The Morgan fingerprint density at radius 1 is 1.58 bits per heavy atom. The Morgan fingerprint density at radius 3 is 2.75 bits per heavy atom. The molecule has 4 nitrogen and oxygen atoms in total. The standard InChI is InChI=1S/C6H12BrNO3S/c7-5-12(10,11)8-3-1-2-6(9)4-8/h6,9H,1-5H2/t6-/m0/s1. The molecule has 1 heterocycles. The van der Waals surface area contributed by atoms with E-state index < -0.39 is 16.1 Å². The summed E-state index contributed by atoms with van der Waals surface area (Å²) >= 11 is 2.92. The van der Waals surface area contributed by atoms with Crippen LogP contribution in [-0.4, -0.2) is 41.7 Å². The highest BCUT2D eigenvalue weighted by Gasteiger charge is 2.26. The molecular formula is C6H12BrNO3S. The third-order valence-electron chi connectivity index (χ3n) is 1.89. The highest BCUT2D eigenvalue weighted by Crippen LogP contribution is 2.14. The predicted octanol–water partition coefficient (Wildman–Crippen LogP) is 0.125. The van der Waals surface area contributed by atoms with Crippen LogP contribution in [0.4, 0.5) is 0 Å². The molecule has 0 aromatic heterocycles. The van der Waals surface area contributed by atoms with Gasteiger partial charge in [-0.1, -0.05) is 15.9 Å². The molecule has 0 radical (unpaired) electrons. The molecule has 72 valence electrons. The first kappa shape index (κ1) is 10.4. The van der Waals surface area contributed by atoms with Gasteiger partial charge in [0.25, 0.3) is 0 Å². The molecule has 0 unspecified atom stereocenters. The largest absolute Gasteiger partial charge is 0.392 e. The Balaban J connectivity index is 2.63. The van der Waals surface area contributed by atoms with Crippen LogP contribution in [0, 0.1) is 0 Å². The van der Waals surface area contributed by atoms with Crippen LogP contribution in [-0.2, 0) is 10.0 Å². The van der Waals surface area contributed by atoms with E-state index in [1.54, 1.807) is 0 Å². The van der Waals surface area contributed by atoms with Gasteiger partial charge in [-0.2, -0.15) is 4.31 Å². The van der Waals surface area contributed by atoms with E-state index in [0.29, 0.717) is 13.0 Å². The van der Waals surface area contributed by atoms with Gasteiger partial charge in [0, 0.05) is 13.1 Å². The fraction of sp³-hybridized carbons (Fsp3) is 1.00. The van der Waals surface area contributed by atoms with Gasteiger partial charge in [0.2, 0.25) is 10.0 Å². The van der Waals surface area contributed by atoms with Crippen molar-refractivity contribution in [3.8, 4) is 0 Å². The quantitative estimate of drug-likeness (QED) is 0.716. The Bertz CT molecular complexity index is 241. The number of nitrogens with zero attached hydrogens (tertiary/aromatic N) is 1. The average Bonchev–Trinajstić information content (AvgIpc) is 2.05. The van der Waals surface area contributed by atoms with Crippen LogP contribution in [0.2, 0.25) is 0 Å². The van der Waals surface area contributed by atoms with E-state index in [-0.39, 0.29) is 11.2 Å². The maximum Gasteiger partial charge on any atom is 0.224 e. The molecule has 0 bridgehead atoms. The van der Waals surface area contributed by atoms with E-state index in [1.165, 1.54) is 4.31 Å². The maximum absolute atomic E-state index is 11.3. The average molecular weight is 258 g/mol. The zero-order valence-electron chi connectivity index (χ0n) is 6.61. The summed E-state index contributed by atoms with van der Waals surface area (Å²) < 4.78 is 23.8. The van der Waals surface area contributed by atoms with E-state index >= 15 is 0 Å². The van der Waals surface area contributed by atoms with Crippen molar-refractivity contribution in [3.05, 3.63) is 0 Å². The second-order valence-corrected chi connectivity index (χ2v) is 6.15. The fourth-order valence-corrected chi connectivity index (χ4v) is 3.06. The molecule has 1 fully saturated rings. The first-order valence-electron chi connectivity index (χ1n) is 3.78. The zero-order chi connectivity index (χ0) is 9.19. The molecule has 1 saturated heterocycles. The fourth-order valence-electron chi connectivity index (χ4n) is 1.24. The lowest BCUT2D eigenvalue weighted by Gasteiger charge is -2.28. The van der Waals surface area contributed by atoms with Crippen LogP contribution in [0.15, 0.2) is 0 Å². The summed E-state index contributed by atoms with van der Waals surface area (Å²) in [6, 6.07) is 0. The number of rotatable bonds is 2. The van der Waals surface area contributed by atoms with E-state index in [1.807, 2.05) is 0 Å². The van der Waals surface area contributed by atoms with Crippen molar-refractivity contribution in [2.45, 2.75) is 18.9 Å². The first-order valence-corrected chi connectivity index (χ1v) is 6.51. The lowest BCUT2D eigenvalue weighted by Crippen LogP contribution is -2.42. The number of aliphatic hydroxyl groups is 1. The minimum Gasteiger partial charge on any atom is -0.392 e. The Kier molecular flexibility index (Phi) is 3.51. The van der Waals surface area contributed by atoms with Crippen molar-refractivity contribution in [3.63, 3.8) is 0 Å². The zero-order valence-corrected chi connectivity index (χ0v) is 9.01. The molecule has 1 aliphatic rings. The SMILES string of the molecule is O=S(=O)(CBr)N1CCC[C@H](O)C1. The number of hydrogen-bond donors (Lipinski definition) is 1. The minimum absolute atomic E-state index is 0.0628. The van der Waals surface area contributed by atoms with E-state index in [9.17, 15) is 13.5 Å². The van der Waals surface area contributed by atoms with Gasteiger partial charge in [0.15, 0.2) is 0 Å². The van der Waals surface area contributed by atoms with Crippen LogP contribution in [0.5, 0.6) is 0 Å². The van der Waals surface area contributed by atoms with Crippen molar-refractivity contribution in [2.24, 2.45) is 0 Å². The highest BCUT2D eigenvalue weighted by molar-refractivity contribution is 9.10. The number of piperidine rings is 1. The molecule has 12 heavy (non-hydrogen) atoms. The van der Waals surface area contributed by atoms with Gasteiger partial charge >= 0.3 is 0 Å². The molecular weight excluding hydrogens is 246 g/mol. The predicted molar refractivity (Wildman–Crippen MR) is 49.5 cm³/mol. The van der Waals surface area contributed by atoms with Gasteiger partial charge < -0.3 is 5.11 Å². The third-order valence-corrected chi connectivity index (χ3v) is 5.02. The number of hydrogen-bond acceptors (Lipinski definition) is 3. The summed E-state index contributed by atoms with van der Waals surface area (Å²) in [7, 11) is -3.16. The van der Waals surface area contributed by atoms with E-state index in [2.05, 4.69) is 15.9 Å². The van der Waals surface area contributed by atoms with Crippen LogP contribution >= 0.6 is 15.9 Å². The molecule has 1 N–H and O–H groups in total. The van der Waals surface area contributed by atoms with Gasteiger partial charge in [-0.3, -0.25) is 0 Å². The minimum atomic E-state index is -3.16. The second kappa shape index (κ2) is 4.04. The normalized spacial score (nSPS) is 27.3. The number of halogens is 1. The monoisotopic (exact) mass is 257 g/mol. The van der Waals surface area contributed by atoms with Gasteiger partial charge in [0.1, 0.15) is 4.66 Å². The van der Waals surface area contributed by atoms with E-state index in [4.69, 9.17) is 0 Å². The maximum atomic E-state index is 11.3. The molecule has 1 aliphatic heterocycles. The van der Waals surface area contributed by atoms with Crippen molar-refractivity contribution >= 4 is 26.0 Å². The van der Waals surface area contributed by atoms with Gasteiger partial charge in [-0.25, -0.2) is 8.42 Å².